The van der Waals surface area contributed by atoms with Crippen molar-refractivity contribution >= 4 is 51.6 Å². The number of benzene rings is 2. The SMILES string of the molecule is COc1cc2nn(C3CCC(CN4CCC5(CC4)CC(CCNc4cccc6c4C(=O)C(C4CCC(=O)NC4=O)C6=O)C5)CC3)cc2cc1NC(=O)c1ccnc(C)n1. The molecule has 2 atom stereocenters. The highest BCUT2D eigenvalue weighted by atomic mass is 16.5. The zero-order valence-electron chi connectivity index (χ0n) is 33.8. The van der Waals surface area contributed by atoms with E-state index < -0.39 is 17.7 Å². The maximum Gasteiger partial charge on any atom is 0.274 e. The highest BCUT2D eigenvalue weighted by molar-refractivity contribution is 6.30. The van der Waals surface area contributed by atoms with E-state index in [0.717, 1.165) is 56.3 Å². The van der Waals surface area contributed by atoms with Crippen LogP contribution in [-0.2, 0) is 9.59 Å². The summed E-state index contributed by atoms with van der Waals surface area (Å²) < 4.78 is 7.73. The van der Waals surface area contributed by atoms with E-state index in [2.05, 4.69) is 41.7 Å². The normalized spacial score (nSPS) is 24.5. The molecule has 59 heavy (non-hydrogen) atoms. The Morgan fingerprint density at radius 3 is 2.51 bits per heavy atom. The lowest BCUT2D eigenvalue weighted by Crippen LogP contribution is -2.48. The van der Waals surface area contributed by atoms with Crippen LogP contribution in [0.2, 0.25) is 0 Å². The summed E-state index contributed by atoms with van der Waals surface area (Å²) in [6.45, 7) is 5.96. The predicted octanol–water partition coefficient (Wildman–Crippen LogP) is 6.17. The summed E-state index contributed by atoms with van der Waals surface area (Å²) in [6, 6.07) is 11.1. The molecule has 2 unspecified atom stereocenters. The number of rotatable bonds is 11. The molecule has 2 saturated carbocycles. The van der Waals surface area contributed by atoms with Crippen LogP contribution >= 0.6 is 0 Å². The number of carbonyl (C=O) groups excluding carboxylic acids is 5. The van der Waals surface area contributed by atoms with Crippen molar-refractivity contribution in [1.82, 2.24) is 30.0 Å². The fraction of sp³-hybridized carbons (Fsp3) is 0.511. The molecule has 4 heterocycles. The fourth-order valence-corrected chi connectivity index (χ4v) is 10.7. The van der Waals surface area contributed by atoms with Crippen molar-refractivity contribution in [2.24, 2.45) is 29.1 Å². The third-order valence-corrected chi connectivity index (χ3v) is 13.9. The van der Waals surface area contributed by atoms with Gasteiger partial charge in [0.15, 0.2) is 11.6 Å². The number of fused-ring (bicyclic) bond motifs is 2. The zero-order chi connectivity index (χ0) is 40.8. The van der Waals surface area contributed by atoms with Crippen LogP contribution in [0.1, 0.15) is 114 Å². The smallest absolute Gasteiger partial charge is 0.274 e. The van der Waals surface area contributed by atoms with Crippen LogP contribution in [0.3, 0.4) is 0 Å². The van der Waals surface area contributed by atoms with E-state index in [1.165, 1.54) is 38.5 Å². The second-order valence-electron chi connectivity index (χ2n) is 17.6. The number of hydrogen-bond donors (Lipinski definition) is 3. The van der Waals surface area contributed by atoms with Crippen LogP contribution < -0.4 is 20.7 Å². The molecule has 0 radical (unpaired) electrons. The van der Waals surface area contributed by atoms with Gasteiger partial charge in [0, 0.05) is 54.6 Å². The van der Waals surface area contributed by atoms with Gasteiger partial charge in [-0.1, -0.05) is 12.1 Å². The number of hydrogen-bond acceptors (Lipinski definition) is 11. The van der Waals surface area contributed by atoms with Crippen LogP contribution in [0.5, 0.6) is 5.75 Å². The van der Waals surface area contributed by atoms with Gasteiger partial charge in [-0.2, -0.15) is 5.10 Å². The Balaban J connectivity index is 0.713. The quantitative estimate of drug-likeness (QED) is 0.117. The van der Waals surface area contributed by atoms with E-state index in [1.54, 1.807) is 38.4 Å². The largest absolute Gasteiger partial charge is 0.494 e. The first kappa shape index (κ1) is 39.0. The maximum absolute atomic E-state index is 13.5. The van der Waals surface area contributed by atoms with Crippen molar-refractivity contribution in [2.75, 3.05) is 43.9 Å². The highest BCUT2D eigenvalue weighted by Gasteiger charge is 2.49. The van der Waals surface area contributed by atoms with Crippen molar-refractivity contribution in [3.63, 3.8) is 0 Å². The van der Waals surface area contributed by atoms with E-state index >= 15 is 0 Å². The second-order valence-corrected chi connectivity index (χ2v) is 17.6. The summed E-state index contributed by atoms with van der Waals surface area (Å²) in [5, 5.41) is 14.6. The average molecular weight is 801 g/mol. The Kier molecular flexibility index (Phi) is 10.5. The van der Waals surface area contributed by atoms with Crippen LogP contribution in [0, 0.1) is 36.0 Å². The lowest BCUT2D eigenvalue weighted by Gasteiger charge is -2.53. The number of Topliss-reactive ketones (excluding diaryl/α,β-unsaturated/α-hetero) is 2. The molecule has 2 aromatic heterocycles. The number of amides is 3. The van der Waals surface area contributed by atoms with Gasteiger partial charge in [0.2, 0.25) is 11.8 Å². The Labute approximate surface area is 343 Å². The van der Waals surface area contributed by atoms with Gasteiger partial charge >= 0.3 is 0 Å². The number of likely N-dealkylation sites (tertiary alicyclic amines) is 1. The van der Waals surface area contributed by atoms with Crippen molar-refractivity contribution in [3.8, 4) is 5.75 Å². The number of aryl methyl sites for hydroxylation is 1. The number of imide groups is 1. The van der Waals surface area contributed by atoms with E-state index in [0.29, 0.717) is 63.1 Å². The summed E-state index contributed by atoms with van der Waals surface area (Å²) in [5.41, 5.74) is 3.60. The Morgan fingerprint density at radius 1 is 0.966 bits per heavy atom. The van der Waals surface area contributed by atoms with Gasteiger partial charge in [-0.05, 0) is 120 Å². The molecule has 308 valence electrons. The molecule has 2 aliphatic heterocycles. The molecule has 14 nitrogen and oxygen atoms in total. The molecule has 2 aromatic carbocycles. The van der Waals surface area contributed by atoms with Gasteiger partial charge in [0.25, 0.3) is 5.91 Å². The molecule has 3 N–H and O–H groups in total. The number of piperidine rings is 2. The molecule has 14 heteroatoms. The van der Waals surface area contributed by atoms with E-state index in [4.69, 9.17) is 9.84 Å². The lowest BCUT2D eigenvalue weighted by molar-refractivity contribution is -0.137. The first-order valence-corrected chi connectivity index (χ1v) is 21.3. The predicted molar refractivity (Wildman–Crippen MR) is 220 cm³/mol. The minimum Gasteiger partial charge on any atom is -0.494 e. The number of methoxy groups -OCH3 is 1. The van der Waals surface area contributed by atoms with E-state index in [1.807, 2.05) is 18.2 Å². The van der Waals surface area contributed by atoms with Crippen LogP contribution in [0.4, 0.5) is 11.4 Å². The highest BCUT2D eigenvalue weighted by Crippen LogP contribution is 2.54. The van der Waals surface area contributed by atoms with Crippen LogP contribution in [0.15, 0.2) is 48.8 Å². The third kappa shape index (κ3) is 7.74. The number of anilines is 2. The molecule has 3 amide bonds. The van der Waals surface area contributed by atoms with Crippen LogP contribution in [-0.4, -0.2) is 87.2 Å². The summed E-state index contributed by atoms with van der Waals surface area (Å²) in [4.78, 5) is 74.9. The van der Waals surface area contributed by atoms with Crippen molar-refractivity contribution in [3.05, 3.63) is 71.4 Å². The van der Waals surface area contributed by atoms with Gasteiger partial charge in [0.05, 0.1) is 41.8 Å². The Bertz CT molecular complexity index is 2320. The number of nitrogens with one attached hydrogen (secondary N) is 3. The molecule has 1 spiro atoms. The number of ether oxygens (including phenoxy) is 1. The summed E-state index contributed by atoms with van der Waals surface area (Å²) >= 11 is 0. The Hall–Kier alpha value is -5.50. The molecule has 9 rings (SSSR count). The summed E-state index contributed by atoms with van der Waals surface area (Å²) in [7, 11) is 1.59. The number of ketones is 2. The number of aromatic nitrogens is 4. The average Bonchev–Trinajstić information content (AvgIpc) is 3.75. The summed E-state index contributed by atoms with van der Waals surface area (Å²) in [6.07, 6.45) is 14.6. The number of carbonyl (C=O) groups is 5. The molecule has 4 fully saturated rings. The molecule has 5 aliphatic rings. The van der Waals surface area contributed by atoms with Gasteiger partial charge < -0.3 is 20.3 Å². The van der Waals surface area contributed by atoms with E-state index in [-0.39, 0.29) is 36.2 Å². The van der Waals surface area contributed by atoms with Gasteiger partial charge in [-0.15, -0.1) is 0 Å². The first-order chi connectivity index (χ1) is 28.6. The Morgan fingerprint density at radius 2 is 1.76 bits per heavy atom. The molecule has 3 aliphatic carbocycles. The van der Waals surface area contributed by atoms with Crippen LogP contribution in [0.25, 0.3) is 10.9 Å². The summed E-state index contributed by atoms with van der Waals surface area (Å²) in [5.74, 6) is -1.26. The first-order valence-electron chi connectivity index (χ1n) is 21.3. The fourth-order valence-electron chi connectivity index (χ4n) is 10.7. The minimum absolute atomic E-state index is 0.139. The minimum atomic E-state index is -1.05. The van der Waals surface area contributed by atoms with Crippen molar-refractivity contribution in [2.45, 2.75) is 83.6 Å². The maximum atomic E-state index is 13.5. The number of nitrogens with zero attached hydrogens (tertiary/aromatic N) is 5. The second kappa shape index (κ2) is 15.9. The lowest BCUT2D eigenvalue weighted by atomic mass is 9.57. The third-order valence-electron chi connectivity index (χ3n) is 13.9. The molecule has 0 bridgehead atoms. The molecular formula is C45H52N8O6. The van der Waals surface area contributed by atoms with Crippen molar-refractivity contribution < 1.29 is 28.7 Å². The van der Waals surface area contributed by atoms with Crippen molar-refractivity contribution in [1.29, 1.82) is 0 Å². The molecular weight excluding hydrogens is 749 g/mol. The standard InChI is InChI=1S/C45H52N8O6/c1-26-46-17-13-34(48-26)44(58)49-36-20-29-25-53(51-35(29)21-37(36)59-2)30-8-6-27(7-9-30)24-52-18-14-45(15-19-52)22-28(23-45)12-16-47-33-5-3-4-31-39(33)42(56)40(41(31)55)32-10-11-38(54)50-43(32)57/h3-5,13,17,20-21,25,27-28,30,32,40,47H,6-12,14-16,18-19,22-24H2,1-2H3,(H,49,58)(H,50,54,57). The molecule has 4 aromatic rings. The zero-order valence-corrected chi connectivity index (χ0v) is 33.8. The topological polar surface area (TPSA) is 178 Å². The van der Waals surface area contributed by atoms with Gasteiger partial charge in [0.1, 0.15) is 17.3 Å². The monoisotopic (exact) mass is 800 g/mol. The van der Waals surface area contributed by atoms with Gasteiger partial charge in [-0.3, -0.25) is 34.0 Å². The molecule has 2 saturated heterocycles. The van der Waals surface area contributed by atoms with Gasteiger partial charge in [-0.25, -0.2) is 9.97 Å². The van der Waals surface area contributed by atoms with E-state index in [9.17, 15) is 24.0 Å².